The van der Waals surface area contributed by atoms with Gasteiger partial charge in [-0.3, -0.25) is 4.52 Å². The van der Waals surface area contributed by atoms with E-state index in [1.165, 1.54) is 120 Å². The molecule has 7 nitrogen and oxygen atoms in total. The van der Waals surface area contributed by atoms with Gasteiger partial charge in [-0.1, -0.05) is 210 Å². The normalized spacial score (nSPS) is 15.8. The minimum Gasteiger partial charge on any atom is -0.302 e. The molecular weight excluding hydrogens is 1250 g/mol. The standard InChI is InChI=1S/C90H148O7P2/c1-73(2)37-20-38-74(3)39-21-40-75(4)41-22-42-76(5)43-23-44-77(6)45-24-46-78(7)47-25-48-79(8)49-26-50-80(9)51-27-52-81(10)53-28-54-82(11)55-29-56-83(12)57-30-58-84(13)59-31-60-85(14)61-32-62-86(15)63-33-64-87(16)65-34-66-88(17)67-35-68-89(18)69-36-70-90(19)71-72-96-99(94,95)97-98(91,92)93/h37,39,41,43,45,47,49,51,53,55,57,59,61,63,65,67,69,71H,20-36,38,40,42,44,46,48,50,52,54,56,58,60,62,64,66,68,70,72H2,1-19H3,(H,94,95)(H2,91,92,93). The van der Waals surface area contributed by atoms with Crippen molar-refractivity contribution in [3.63, 3.8) is 0 Å². The van der Waals surface area contributed by atoms with E-state index >= 15 is 0 Å². The van der Waals surface area contributed by atoms with Crippen LogP contribution in [-0.2, 0) is 18.0 Å². The Morgan fingerprint density at radius 2 is 0.333 bits per heavy atom. The molecule has 0 aromatic rings. The fourth-order valence-corrected chi connectivity index (χ4v) is 13.0. The van der Waals surface area contributed by atoms with Crippen molar-refractivity contribution in [2.75, 3.05) is 6.61 Å². The van der Waals surface area contributed by atoms with Crippen molar-refractivity contribution in [1.29, 1.82) is 0 Å². The smallest absolute Gasteiger partial charge is 0.302 e. The molecule has 0 aliphatic rings. The molecule has 0 spiro atoms. The molecule has 99 heavy (non-hydrogen) atoms. The van der Waals surface area contributed by atoms with Gasteiger partial charge in [-0.25, -0.2) is 9.13 Å². The molecule has 0 amide bonds. The van der Waals surface area contributed by atoms with Gasteiger partial charge in [-0.05, 0) is 350 Å². The predicted octanol–water partition coefficient (Wildman–Crippen LogP) is 30.5. The maximum atomic E-state index is 11.6. The Hall–Kier alpha value is -4.42. The van der Waals surface area contributed by atoms with Gasteiger partial charge < -0.3 is 14.7 Å². The van der Waals surface area contributed by atoms with Gasteiger partial charge in [-0.15, -0.1) is 0 Å². The molecule has 3 N–H and O–H groups in total. The summed E-state index contributed by atoms with van der Waals surface area (Å²) in [6.07, 6.45) is 80.7. The maximum absolute atomic E-state index is 11.6. The lowest BCUT2D eigenvalue weighted by molar-refractivity contribution is 0.191. The van der Waals surface area contributed by atoms with E-state index in [0.717, 1.165) is 198 Å². The van der Waals surface area contributed by atoms with Crippen LogP contribution in [0.5, 0.6) is 0 Å². The molecule has 0 saturated heterocycles. The van der Waals surface area contributed by atoms with Gasteiger partial charge in [0.1, 0.15) is 0 Å². The van der Waals surface area contributed by atoms with Gasteiger partial charge in [0.05, 0.1) is 6.61 Å². The summed E-state index contributed by atoms with van der Waals surface area (Å²) in [5, 5.41) is 0. The second kappa shape index (κ2) is 59.0. The van der Waals surface area contributed by atoms with Crippen LogP contribution in [0.3, 0.4) is 0 Å². The lowest BCUT2D eigenvalue weighted by atomic mass is 10.0. The average Bonchev–Trinajstić information content (AvgIpc) is 2.53. The van der Waals surface area contributed by atoms with Gasteiger partial charge in [0.15, 0.2) is 0 Å². The largest absolute Gasteiger partial charge is 0.481 e. The van der Waals surface area contributed by atoms with Crippen LogP contribution in [0.2, 0.25) is 0 Å². The van der Waals surface area contributed by atoms with Gasteiger partial charge in [0, 0.05) is 0 Å². The van der Waals surface area contributed by atoms with Crippen LogP contribution in [0.25, 0.3) is 0 Å². The van der Waals surface area contributed by atoms with Crippen LogP contribution in [0, 0.1) is 0 Å². The fraction of sp³-hybridized carbons (Fsp3) is 0.600. The van der Waals surface area contributed by atoms with Crippen molar-refractivity contribution in [2.45, 2.75) is 350 Å². The first kappa shape index (κ1) is 94.6. The Balaban J connectivity index is 4.37. The van der Waals surface area contributed by atoms with Crippen LogP contribution in [0.4, 0.5) is 0 Å². The molecule has 0 rings (SSSR count). The highest BCUT2D eigenvalue weighted by atomic mass is 31.3. The van der Waals surface area contributed by atoms with Gasteiger partial charge >= 0.3 is 15.6 Å². The maximum Gasteiger partial charge on any atom is 0.481 e. The number of phosphoric ester groups is 1. The molecule has 9 heteroatoms. The van der Waals surface area contributed by atoms with Gasteiger partial charge in [0.25, 0.3) is 0 Å². The first-order chi connectivity index (χ1) is 46.8. The molecular formula is C90H148O7P2. The number of hydrogen-bond acceptors (Lipinski definition) is 4. The minimum absolute atomic E-state index is 0.276. The molecule has 0 saturated carbocycles. The molecule has 0 aliphatic heterocycles. The van der Waals surface area contributed by atoms with Gasteiger partial charge in [-0.2, -0.15) is 4.31 Å². The first-order valence-electron chi connectivity index (χ1n) is 38.4. The quantitative estimate of drug-likeness (QED) is 0.0411. The number of hydrogen-bond donors (Lipinski definition) is 3. The zero-order valence-corrected chi connectivity index (χ0v) is 68.8. The van der Waals surface area contributed by atoms with Crippen LogP contribution in [-0.4, -0.2) is 21.3 Å². The van der Waals surface area contributed by atoms with Crippen LogP contribution in [0.1, 0.15) is 350 Å². The van der Waals surface area contributed by atoms with Crippen LogP contribution in [0.15, 0.2) is 210 Å². The highest BCUT2D eigenvalue weighted by Gasteiger charge is 2.32. The van der Waals surface area contributed by atoms with Crippen molar-refractivity contribution >= 4 is 15.6 Å². The third-order valence-corrected chi connectivity index (χ3v) is 20.6. The summed E-state index contributed by atoms with van der Waals surface area (Å²) < 4.78 is 30.8. The topological polar surface area (TPSA) is 113 Å². The Kier molecular flexibility index (Phi) is 56.4. The molecule has 560 valence electrons. The third kappa shape index (κ3) is 64.2. The molecule has 0 radical (unpaired) electrons. The lowest BCUT2D eigenvalue weighted by Crippen LogP contribution is -1.94. The van der Waals surface area contributed by atoms with Crippen molar-refractivity contribution in [3.05, 3.63) is 210 Å². The molecule has 0 bridgehead atoms. The molecule has 0 aromatic heterocycles. The summed E-state index contributed by atoms with van der Waals surface area (Å²) in [7, 11) is -9.94. The highest BCUT2D eigenvalue weighted by molar-refractivity contribution is 7.60. The van der Waals surface area contributed by atoms with Gasteiger partial charge in [0.2, 0.25) is 0 Å². The van der Waals surface area contributed by atoms with E-state index in [1.807, 2.05) is 6.92 Å². The van der Waals surface area contributed by atoms with Crippen molar-refractivity contribution in [3.8, 4) is 0 Å². The third-order valence-electron chi connectivity index (χ3n) is 18.5. The summed E-state index contributed by atoms with van der Waals surface area (Å²) >= 11 is 0. The summed E-state index contributed by atoms with van der Waals surface area (Å²) in [6, 6.07) is 0. The van der Waals surface area contributed by atoms with Crippen LogP contribution >= 0.6 is 15.6 Å². The Morgan fingerprint density at radius 3 is 0.455 bits per heavy atom. The van der Waals surface area contributed by atoms with E-state index < -0.39 is 15.6 Å². The van der Waals surface area contributed by atoms with E-state index in [0.29, 0.717) is 0 Å². The second-order valence-electron chi connectivity index (χ2n) is 29.6. The summed E-state index contributed by atoms with van der Waals surface area (Å²) in [4.78, 5) is 26.8. The van der Waals surface area contributed by atoms with Crippen molar-refractivity contribution in [2.24, 2.45) is 0 Å². The molecule has 1 atom stereocenters. The minimum atomic E-state index is -5.12. The zero-order chi connectivity index (χ0) is 74.3. The molecule has 0 aliphatic carbocycles. The van der Waals surface area contributed by atoms with E-state index in [2.05, 4.69) is 237 Å². The molecule has 1 unspecified atom stereocenters. The van der Waals surface area contributed by atoms with Crippen molar-refractivity contribution in [1.82, 2.24) is 0 Å². The monoisotopic (exact) mass is 1400 g/mol. The van der Waals surface area contributed by atoms with Crippen LogP contribution < -0.4 is 0 Å². The number of phosphoric acid groups is 2. The zero-order valence-electron chi connectivity index (χ0n) is 67.0. The number of rotatable bonds is 56. The Morgan fingerprint density at radius 1 is 0.212 bits per heavy atom. The second-order valence-corrected chi connectivity index (χ2v) is 32.5. The lowest BCUT2D eigenvalue weighted by Gasteiger charge is -2.11. The molecule has 0 fully saturated rings. The molecule has 0 aromatic carbocycles. The SMILES string of the molecule is CC(C)=CCCC(C)=CCCC(C)=CCCC(C)=CCCC(C)=CCCC(C)=CCCC(C)=CCCC(C)=CCCC(C)=CCCC(C)=CCCC(C)=CCCC(C)=CCCC(C)=CCCC(C)=CCCC(C)=CCCC(C)=CCCC(C)=CCCC(C)=CCOP(=O)(O)OP(=O)(O)O. The summed E-state index contributed by atoms with van der Waals surface area (Å²) in [5.74, 6) is 0. The Labute approximate surface area is 611 Å². The molecule has 0 heterocycles. The average molecular weight is 1400 g/mol. The Bertz CT molecular complexity index is 3000. The fourth-order valence-electron chi connectivity index (χ4n) is 11.5. The van der Waals surface area contributed by atoms with E-state index in [9.17, 15) is 14.0 Å². The predicted molar refractivity (Wildman–Crippen MR) is 439 cm³/mol. The highest BCUT2D eigenvalue weighted by Crippen LogP contribution is 2.57. The summed E-state index contributed by atoms with van der Waals surface area (Å²) in [6.45, 7) is 42.5. The van der Waals surface area contributed by atoms with E-state index in [1.54, 1.807) is 6.08 Å². The first-order valence-corrected chi connectivity index (χ1v) is 41.4. The summed E-state index contributed by atoms with van der Waals surface area (Å²) in [5.41, 5.74) is 26.3. The number of allylic oxidation sites excluding steroid dienone is 35. The van der Waals surface area contributed by atoms with Crippen molar-refractivity contribution < 1.29 is 32.6 Å². The van der Waals surface area contributed by atoms with E-state index in [-0.39, 0.29) is 6.61 Å². The van der Waals surface area contributed by atoms with E-state index in [4.69, 9.17) is 9.79 Å².